The van der Waals surface area contributed by atoms with Gasteiger partial charge < -0.3 is 29.3 Å². The molecule has 0 spiro atoms. The van der Waals surface area contributed by atoms with Gasteiger partial charge in [-0.1, -0.05) is 0 Å². The van der Waals surface area contributed by atoms with E-state index in [2.05, 4.69) is 20.4 Å². The van der Waals surface area contributed by atoms with Gasteiger partial charge in [0, 0.05) is 82.4 Å². The third-order valence-electron chi connectivity index (χ3n) is 12.1. The number of anilines is 3. The number of hydrogen-bond acceptors (Lipinski definition) is 12. The van der Waals surface area contributed by atoms with Crippen LogP contribution in [0.3, 0.4) is 0 Å². The Hall–Kier alpha value is -6.02. The zero-order valence-electron chi connectivity index (χ0n) is 32.8. The maximum atomic E-state index is 15.4. The molecule has 0 aliphatic carbocycles. The average Bonchev–Trinajstić information content (AvgIpc) is 3.91. The Balaban J connectivity index is 1.09. The van der Waals surface area contributed by atoms with Crippen molar-refractivity contribution in [2.75, 3.05) is 62.0 Å². The van der Waals surface area contributed by atoms with E-state index in [-0.39, 0.29) is 60.9 Å². The highest BCUT2D eigenvalue weighted by Crippen LogP contribution is 2.40. The van der Waals surface area contributed by atoms with E-state index in [1.165, 1.54) is 29.1 Å². The number of piperazine rings is 1. The van der Waals surface area contributed by atoms with Crippen LogP contribution in [-0.2, 0) is 16.1 Å². The quantitative estimate of drug-likeness (QED) is 0.238. The lowest BCUT2D eigenvalue weighted by atomic mass is 9.88. The van der Waals surface area contributed by atoms with Gasteiger partial charge in [-0.25, -0.2) is 41.6 Å². The molecule has 60 heavy (non-hydrogen) atoms. The van der Waals surface area contributed by atoms with Crippen LogP contribution >= 0.6 is 0 Å². The number of methoxy groups -OCH3 is 1. The third-order valence-corrected chi connectivity index (χ3v) is 12.1. The van der Waals surface area contributed by atoms with Gasteiger partial charge in [0.25, 0.3) is 6.43 Å². The van der Waals surface area contributed by atoms with Gasteiger partial charge in [0.2, 0.25) is 17.8 Å². The molecule has 6 aromatic rings. The summed E-state index contributed by atoms with van der Waals surface area (Å²) in [5.41, 5.74) is 2.30. The number of aromatic nitrogens is 8. The topological polar surface area (TPSA) is 138 Å². The van der Waals surface area contributed by atoms with Crippen molar-refractivity contribution in [1.29, 1.82) is 0 Å². The Morgan fingerprint density at radius 3 is 2.52 bits per heavy atom. The summed E-state index contributed by atoms with van der Waals surface area (Å²) in [6.07, 6.45) is 1.16. The average molecular weight is 830 g/mol. The number of imidazole rings is 1. The highest BCUT2D eigenvalue weighted by atomic mass is 19.3. The van der Waals surface area contributed by atoms with Gasteiger partial charge in [0.05, 0.1) is 47.5 Å². The predicted molar refractivity (Wildman–Crippen MR) is 211 cm³/mol. The molecule has 4 aromatic heterocycles. The summed E-state index contributed by atoms with van der Waals surface area (Å²) in [7, 11) is 3.28. The van der Waals surface area contributed by atoms with E-state index in [9.17, 15) is 18.0 Å². The molecule has 1 N–H and O–H groups in total. The highest BCUT2D eigenvalue weighted by molar-refractivity contribution is 5.94. The van der Waals surface area contributed by atoms with Crippen molar-refractivity contribution in [2.24, 2.45) is 0 Å². The molecule has 10 rings (SSSR count). The zero-order valence-corrected chi connectivity index (χ0v) is 32.8. The van der Waals surface area contributed by atoms with Crippen LogP contribution in [-0.4, -0.2) is 139 Å². The molecule has 5 atom stereocenters. The number of fused-ring (bicyclic) bond motifs is 8. The SMILES string of the molecule is CO[C@H]1CN(C)C(=O)[C@@H]2C[C@@H](CN2c2nc(N3C4CC3CN(CC(F)F)C4)nc3c2cnn3-c2ccc(F)cc2F)Nc2nccc(n2)-c2cc(F)cc3nc(C)n(c23)C1. The van der Waals surface area contributed by atoms with Crippen LogP contribution in [0, 0.1) is 24.4 Å². The molecule has 1 amide bonds. The van der Waals surface area contributed by atoms with Crippen LogP contribution in [0.5, 0.6) is 0 Å². The van der Waals surface area contributed by atoms with Crippen molar-refractivity contribution in [3.63, 3.8) is 0 Å². The number of likely N-dealkylation sites (tertiary alicyclic amines) is 1. The van der Waals surface area contributed by atoms with Gasteiger partial charge in [0.15, 0.2) is 11.5 Å². The number of likely N-dealkylation sites (N-methyl/N-ethyl adjacent to an activating group) is 1. The molecule has 0 radical (unpaired) electrons. The fourth-order valence-electron chi connectivity index (χ4n) is 9.41. The minimum absolute atomic E-state index is 0.0434. The molecule has 8 heterocycles. The Bertz CT molecular complexity index is 2650. The Morgan fingerprint density at radius 1 is 0.933 bits per heavy atom. The van der Waals surface area contributed by atoms with E-state index >= 15 is 8.78 Å². The minimum atomic E-state index is -2.47. The number of benzene rings is 2. The molecule has 3 fully saturated rings. The Morgan fingerprint density at radius 2 is 1.75 bits per heavy atom. The number of amides is 1. The van der Waals surface area contributed by atoms with Crippen molar-refractivity contribution in [1.82, 2.24) is 49.1 Å². The summed E-state index contributed by atoms with van der Waals surface area (Å²) in [4.78, 5) is 46.0. The molecule has 312 valence electrons. The lowest BCUT2D eigenvalue weighted by Gasteiger charge is -2.56. The summed E-state index contributed by atoms with van der Waals surface area (Å²) in [6.45, 7) is 2.98. The molecule has 6 bridgehead atoms. The summed E-state index contributed by atoms with van der Waals surface area (Å²) in [6, 6.07) is 6.17. The van der Waals surface area contributed by atoms with E-state index in [0.29, 0.717) is 65.4 Å². The van der Waals surface area contributed by atoms with Crippen LogP contribution in [0.1, 0.15) is 18.7 Å². The number of alkyl halides is 2. The first-order valence-electron chi connectivity index (χ1n) is 19.7. The minimum Gasteiger partial charge on any atom is -0.378 e. The van der Waals surface area contributed by atoms with Gasteiger partial charge in [-0.15, -0.1) is 0 Å². The number of halogens is 5. The maximum Gasteiger partial charge on any atom is 0.251 e. The fraction of sp³-hybridized carbons (Fsp3) is 0.425. The predicted octanol–water partition coefficient (Wildman–Crippen LogP) is 4.42. The van der Waals surface area contributed by atoms with Crippen LogP contribution in [0.2, 0.25) is 0 Å². The van der Waals surface area contributed by atoms with Gasteiger partial charge >= 0.3 is 0 Å². The number of carbonyl (C=O) groups is 1. The van der Waals surface area contributed by atoms with E-state index in [4.69, 9.17) is 19.7 Å². The first-order chi connectivity index (χ1) is 28.9. The van der Waals surface area contributed by atoms with E-state index in [0.717, 1.165) is 18.6 Å². The van der Waals surface area contributed by atoms with Gasteiger partial charge in [-0.3, -0.25) is 9.69 Å². The summed E-state index contributed by atoms with van der Waals surface area (Å²) in [5.74, 6) is -0.779. The summed E-state index contributed by atoms with van der Waals surface area (Å²) < 4.78 is 80.6. The molecule has 3 saturated heterocycles. The van der Waals surface area contributed by atoms with Crippen LogP contribution in [0.25, 0.3) is 39.0 Å². The molecule has 2 unspecified atom stereocenters. The monoisotopic (exact) mass is 829 g/mol. The van der Waals surface area contributed by atoms with Crippen molar-refractivity contribution in [3.05, 3.63) is 72.1 Å². The number of aryl methyl sites for hydroxylation is 1. The molecule has 20 heteroatoms. The smallest absolute Gasteiger partial charge is 0.251 e. The van der Waals surface area contributed by atoms with Gasteiger partial charge in [-0.2, -0.15) is 15.1 Å². The second kappa shape index (κ2) is 14.6. The van der Waals surface area contributed by atoms with Crippen LogP contribution < -0.4 is 15.1 Å². The summed E-state index contributed by atoms with van der Waals surface area (Å²) >= 11 is 0. The normalized spacial score (nSPS) is 23.3. The summed E-state index contributed by atoms with van der Waals surface area (Å²) in [5, 5.41) is 8.33. The van der Waals surface area contributed by atoms with E-state index in [1.807, 2.05) is 21.3 Å². The standard InChI is InChI=1S/C40H40F5N13O2/c1-20-48-31-10-22(42)8-27-30-6-7-46-39(50-30)49-23-11-33(38(59)53(2)17-26(60-3)18-55(20)35(27)31)56(14-23)36-28-13-47-58(32-5-4-21(41)9-29(32)43)37(28)52-40(51-36)57-24-12-25(57)16-54(15-24)19-34(44)45/h4-10,13,23-26,33-34H,11-12,14-19H2,1-3H3,(H,46,49,50)/t23-,24?,25?,26-,33-/m0/s1. The number of hydrogen-bond donors (Lipinski definition) is 1. The highest BCUT2D eigenvalue weighted by Gasteiger charge is 2.48. The van der Waals surface area contributed by atoms with E-state index in [1.54, 1.807) is 36.2 Å². The van der Waals surface area contributed by atoms with Crippen molar-refractivity contribution >= 4 is 45.7 Å². The maximum absolute atomic E-state index is 15.4. The van der Waals surface area contributed by atoms with Gasteiger partial charge in [0.1, 0.15) is 35.0 Å². The number of ether oxygens (including phenoxy) is 1. The molecular weight excluding hydrogens is 790 g/mol. The first kappa shape index (κ1) is 38.2. The largest absolute Gasteiger partial charge is 0.378 e. The second-order valence-electron chi connectivity index (χ2n) is 16.0. The van der Waals surface area contributed by atoms with Crippen molar-refractivity contribution < 1.29 is 31.5 Å². The molecular formula is C40H40F5N13O2. The fourth-order valence-corrected chi connectivity index (χ4v) is 9.41. The lowest BCUT2D eigenvalue weighted by molar-refractivity contribution is -0.132. The van der Waals surface area contributed by atoms with Crippen molar-refractivity contribution in [3.8, 4) is 16.9 Å². The number of rotatable bonds is 6. The number of nitrogens with one attached hydrogen (secondary N) is 1. The molecule has 4 aliphatic rings. The second-order valence-corrected chi connectivity index (χ2v) is 16.0. The Labute approximate surface area is 339 Å². The van der Waals surface area contributed by atoms with Crippen molar-refractivity contribution in [2.45, 2.75) is 63.0 Å². The Kier molecular flexibility index (Phi) is 9.30. The molecule has 15 nitrogen and oxygen atoms in total. The van der Waals surface area contributed by atoms with Gasteiger partial charge in [-0.05, 0) is 44.0 Å². The number of nitrogens with zero attached hydrogens (tertiary/aromatic N) is 12. The lowest BCUT2D eigenvalue weighted by Crippen LogP contribution is -2.69. The molecule has 2 aromatic carbocycles. The van der Waals surface area contributed by atoms with Crippen LogP contribution in [0.15, 0.2) is 48.8 Å². The zero-order chi connectivity index (χ0) is 41.6. The number of carbonyl (C=O) groups excluding carboxylic acids is 1. The molecule has 4 aliphatic heterocycles. The van der Waals surface area contributed by atoms with Crippen LogP contribution in [0.4, 0.5) is 39.7 Å². The molecule has 0 saturated carbocycles. The number of piperidine rings is 1. The third kappa shape index (κ3) is 6.52. The van der Waals surface area contributed by atoms with E-state index < -0.39 is 42.1 Å². The first-order valence-corrected chi connectivity index (χ1v) is 19.7.